The van der Waals surface area contributed by atoms with E-state index in [1.807, 2.05) is 6.07 Å². The summed E-state index contributed by atoms with van der Waals surface area (Å²) in [6.45, 7) is 4.27. The molecule has 0 aliphatic heterocycles. The lowest BCUT2D eigenvalue weighted by Crippen LogP contribution is -2.04. The highest BCUT2D eigenvalue weighted by molar-refractivity contribution is 5.40. The fourth-order valence-corrected chi connectivity index (χ4v) is 3.87. The molecule has 0 amide bonds. The predicted molar refractivity (Wildman–Crippen MR) is 97.8 cm³/mol. The summed E-state index contributed by atoms with van der Waals surface area (Å²) in [6.07, 6.45) is 4.30. The van der Waals surface area contributed by atoms with E-state index in [4.69, 9.17) is 11.3 Å². The zero-order chi connectivity index (χ0) is 17.1. The fourth-order valence-electron chi connectivity index (χ4n) is 3.87. The lowest BCUT2D eigenvalue weighted by atomic mass is 10.0. The van der Waals surface area contributed by atoms with Crippen molar-refractivity contribution in [3.05, 3.63) is 80.2 Å². The first kappa shape index (κ1) is 16.6. The monoisotopic (exact) mass is 320 g/mol. The highest BCUT2D eigenvalue weighted by atomic mass is 15.1. The van der Waals surface area contributed by atoms with E-state index < -0.39 is 0 Å². The molecule has 2 aliphatic rings. The maximum absolute atomic E-state index is 8.38. The summed E-state index contributed by atoms with van der Waals surface area (Å²) in [6, 6.07) is 13.0. The normalized spacial score (nSPS) is 20.5. The van der Waals surface area contributed by atoms with Crippen LogP contribution in [0.2, 0.25) is 0 Å². The van der Waals surface area contributed by atoms with Gasteiger partial charge in [0.05, 0.1) is 6.04 Å². The third kappa shape index (κ3) is 3.16. The first-order valence-electron chi connectivity index (χ1n) is 8.58. The second kappa shape index (κ2) is 7.08. The Labute approximate surface area is 143 Å². The summed E-state index contributed by atoms with van der Waals surface area (Å²) in [5.41, 5.74) is 22.5. The summed E-state index contributed by atoms with van der Waals surface area (Å²) < 4.78 is 0. The Morgan fingerprint density at radius 2 is 1.54 bits per heavy atom. The van der Waals surface area contributed by atoms with Gasteiger partial charge in [-0.2, -0.15) is 0 Å². The van der Waals surface area contributed by atoms with Gasteiger partial charge in [0, 0.05) is 11.0 Å². The van der Waals surface area contributed by atoms with Gasteiger partial charge in [-0.15, -0.1) is 0 Å². The lowest BCUT2D eigenvalue weighted by Gasteiger charge is -2.05. The van der Waals surface area contributed by atoms with Gasteiger partial charge in [0.1, 0.15) is 0 Å². The van der Waals surface area contributed by atoms with Crippen LogP contribution >= 0.6 is 0 Å². The second-order valence-corrected chi connectivity index (χ2v) is 6.69. The van der Waals surface area contributed by atoms with Gasteiger partial charge in [-0.05, 0) is 78.4 Å². The molecule has 2 aromatic rings. The van der Waals surface area contributed by atoms with Gasteiger partial charge in [-0.25, -0.2) is 0 Å². The minimum absolute atomic E-state index is 0.0694. The van der Waals surface area contributed by atoms with Crippen LogP contribution in [0.25, 0.3) is 10.4 Å². The van der Waals surface area contributed by atoms with Crippen LogP contribution in [0.5, 0.6) is 0 Å². The maximum atomic E-state index is 8.38. The van der Waals surface area contributed by atoms with E-state index in [9.17, 15) is 0 Å². The number of benzene rings is 2. The molecule has 2 N–H and O–H groups in total. The Bertz CT molecular complexity index is 790. The SMILES string of the molecule is Cc1cccc2c1CCC2N.Cc1cccc2c1CCC2N=[N+]=[N-]. The van der Waals surface area contributed by atoms with Crippen LogP contribution in [0.4, 0.5) is 0 Å². The van der Waals surface area contributed by atoms with E-state index in [1.54, 1.807) is 0 Å². The number of azide groups is 1. The molecule has 2 aromatic carbocycles. The Hall–Kier alpha value is -2.29. The Balaban J connectivity index is 0.000000143. The summed E-state index contributed by atoms with van der Waals surface area (Å²) in [5, 5.41) is 3.79. The van der Waals surface area contributed by atoms with Crippen LogP contribution in [0, 0.1) is 13.8 Å². The summed E-state index contributed by atoms with van der Waals surface area (Å²) in [4.78, 5) is 2.87. The molecule has 0 spiro atoms. The first-order chi connectivity index (χ1) is 11.6. The molecule has 4 rings (SSSR count). The van der Waals surface area contributed by atoms with Crippen LogP contribution in [-0.4, -0.2) is 0 Å². The standard InChI is InChI=1S/C10H11N3.C10H13N/c1-7-3-2-4-9-8(7)5-6-10(9)12-13-11;1-7-3-2-4-9-8(7)5-6-10(9)11/h2-4,10H,5-6H2,1H3;2-4,10H,5-6,11H2,1H3. The van der Waals surface area contributed by atoms with E-state index in [0.717, 1.165) is 19.3 Å². The molecular weight excluding hydrogens is 296 g/mol. The molecule has 0 bridgehead atoms. The summed E-state index contributed by atoms with van der Waals surface area (Å²) in [5.74, 6) is 0. The molecule has 2 aliphatic carbocycles. The van der Waals surface area contributed by atoms with Crippen molar-refractivity contribution in [1.82, 2.24) is 0 Å². The minimum atomic E-state index is 0.0694. The average molecular weight is 320 g/mol. The Kier molecular flexibility index (Phi) is 4.89. The topological polar surface area (TPSA) is 74.8 Å². The zero-order valence-corrected chi connectivity index (χ0v) is 14.4. The van der Waals surface area contributed by atoms with Gasteiger partial charge in [0.25, 0.3) is 0 Å². The third-order valence-electron chi connectivity index (χ3n) is 5.22. The van der Waals surface area contributed by atoms with Crippen molar-refractivity contribution in [3.8, 4) is 0 Å². The molecule has 4 nitrogen and oxygen atoms in total. The summed E-state index contributed by atoms with van der Waals surface area (Å²) in [7, 11) is 0. The highest BCUT2D eigenvalue weighted by Crippen LogP contribution is 2.35. The molecule has 0 aromatic heterocycles. The molecule has 4 heteroatoms. The van der Waals surface area contributed by atoms with Crippen molar-refractivity contribution < 1.29 is 0 Å². The van der Waals surface area contributed by atoms with Crippen LogP contribution in [0.1, 0.15) is 58.3 Å². The number of hydrogen-bond acceptors (Lipinski definition) is 2. The van der Waals surface area contributed by atoms with Gasteiger partial charge in [0.2, 0.25) is 0 Å². The first-order valence-corrected chi connectivity index (χ1v) is 8.58. The predicted octanol–water partition coefficient (Wildman–Crippen LogP) is 5.23. The number of nitrogens with two attached hydrogens (primary N) is 1. The number of nitrogens with zero attached hydrogens (tertiary/aromatic N) is 3. The third-order valence-corrected chi connectivity index (χ3v) is 5.22. The largest absolute Gasteiger partial charge is 0.324 e. The molecular formula is C20H24N4. The van der Waals surface area contributed by atoms with Gasteiger partial charge in [-0.3, -0.25) is 0 Å². The smallest absolute Gasteiger partial charge is 0.0631 e. The minimum Gasteiger partial charge on any atom is -0.324 e. The van der Waals surface area contributed by atoms with Crippen molar-refractivity contribution in [1.29, 1.82) is 0 Å². The molecule has 0 heterocycles. The van der Waals surface area contributed by atoms with Gasteiger partial charge < -0.3 is 5.73 Å². The van der Waals surface area contributed by atoms with Crippen LogP contribution in [0.3, 0.4) is 0 Å². The van der Waals surface area contributed by atoms with Crippen molar-refractivity contribution in [2.75, 3.05) is 0 Å². The highest BCUT2D eigenvalue weighted by Gasteiger charge is 2.22. The summed E-state index contributed by atoms with van der Waals surface area (Å²) >= 11 is 0. The molecule has 124 valence electrons. The van der Waals surface area contributed by atoms with E-state index in [0.29, 0.717) is 6.04 Å². The second-order valence-electron chi connectivity index (χ2n) is 6.69. The van der Waals surface area contributed by atoms with E-state index in [2.05, 4.69) is 54.2 Å². The average Bonchev–Trinajstić information content (AvgIpc) is 3.15. The zero-order valence-electron chi connectivity index (χ0n) is 14.4. The Morgan fingerprint density at radius 3 is 2.17 bits per heavy atom. The van der Waals surface area contributed by atoms with E-state index in [-0.39, 0.29) is 6.04 Å². The van der Waals surface area contributed by atoms with E-state index >= 15 is 0 Å². The van der Waals surface area contributed by atoms with Gasteiger partial charge in [0.15, 0.2) is 0 Å². The molecule has 0 radical (unpaired) electrons. The molecule has 2 atom stereocenters. The molecule has 0 saturated heterocycles. The molecule has 0 saturated carbocycles. The van der Waals surface area contributed by atoms with Crippen molar-refractivity contribution >= 4 is 0 Å². The Morgan fingerprint density at radius 1 is 0.958 bits per heavy atom. The molecule has 0 fully saturated rings. The quantitative estimate of drug-likeness (QED) is 0.436. The van der Waals surface area contributed by atoms with Crippen LogP contribution < -0.4 is 5.73 Å². The van der Waals surface area contributed by atoms with Gasteiger partial charge in [-0.1, -0.05) is 41.5 Å². The lowest BCUT2D eigenvalue weighted by molar-refractivity contribution is 0.707. The number of rotatable bonds is 1. The number of aryl methyl sites for hydroxylation is 2. The van der Waals surface area contributed by atoms with Crippen molar-refractivity contribution in [2.24, 2.45) is 10.8 Å². The van der Waals surface area contributed by atoms with E-state index in [1.165, 1.54) is 39.8 Å². The molecule has 2 unspecified atom stereocenters. The molecule has 24 heavy (non-hydrogen) atoms. The maximum Gasteiger partial charge on any atom is 0.0631 e. The van der Waals surface area contributed by atoms with Crippen LogP contribution in [-0.2, 0) is 12.8 Å². The van der Waals surface area contributed by atoms with Gasteiger partial charge >= 0.3 is 0 Å². The van der Waals surface area contributed by atoms with Crippen molar-refractivity contribution in [3.63, 3.8) is 0 Å². The van der Waals surface area contributed by atoms with Crippen molar-refractivity contribution in [2.45, 2.75) is 51.6 Å². The van der Waals surface area contributed by atoms with Crippen LogP contribution in [0.15, 0.2) is 41.5 Å². The fraction of sp³-hybridized carbons (Fsp3) is 0.400. The number of fused-ring (bicyclic) bond motifs is 2. The number of hydrogen-bond donors (Lipinski definition) is 1.